The SMILES string of the molecule is Cc1nc(NCc2c(F)cccc2F)nc(NC2CC(C(F)F)C(O)C2O)c1-c1nc2c(C)nccc2s1. The fourth-order valence-electron chi connectivity index (χ4n) is 4.61. The van der Waals surface area contributed by atoms with Gasteiger partial charge in [0, 0.05) is 18.3 Å². The Morgan fingerprint density at radius 1 is 1.03 bits per heavy atom. The molecular weight excluding hydrogens is 524 g/mol. The largest absolute Gasteiger partial charge is 0.390 e. The van der Waals surface area contributed by atoms with Gasteiger partial charge in [-0.15, -0.1) is 11.3 Å². The Morgan fingerprint density at radius 3 is 2.42 bits per heavy atom. The van der Waals surface area contributed by atoms with Gasteiger partial charge in [-0.2, -0.15) is 4.98 Å². The minimum atomic E-state index is -2.81. The van der Waals surface area contributed by atoms with E-state index in [2.05, 4.69) is 30.6 Å². The summed E-state index contributed by atoms with van der Waals surface area (Å²) in [4.78, 5) is 17.9. The Bertz CT molecular complexity index is 1470. The lowest BCUT2D eigenvalue weighted by atomic mass is 10.1. The minimum Gasteiger partial charge on any atom is -0.390 e. The highest BCUT2D eigenvalue weighted by Crippen LogP contribution is 2.39. The average Bonchev–Trinajstić information content (AvgIpc) is 3.41. The van der Waals surface area contributed by atoms with E-state index in [-0.39, 0.29) is 30.3 Å². The number of benzene rings is 1. The predicted octanol–water partition coefficient (Wildman–Crippen LogP) is 4.44. The van der Waals surface area contributed by atoms with Crippen molar-refractivity contribution in [1.29, 1.82) is 0 Å². The Labute approximate surface area is 218 Å². The number of aliphatic hydroxyl groups is 2. The second-order valence-corrected chi connectivity index (χ2v) is 10.2. The maximum absolute atomic E-state index is 14.1. The third-order valence-corrected chi connectivity index (χ3v) is 7.69. The number of alkyl halides is 2. The summed E-state index contributed by atoms with van der Waals surface area (Å²) < 4.78 is 56.0. The monoisotopic (exact) mass is 548 g/mol. The summed E-state index contributed by atoms with van der Waals surface area (Å²) in [7, 11) is 0. The van der Waals surface area contributed by atoms with Gasteiger partial charge in [0.05, 0.1) is 39.7 Å². The first kappa shape index (κ1) is 26.2. The van der Waals surface area contributed by atoms with Crippen LogP contribution in [0.5, 0.6) is 0 Å². The smallest absolute Gasteiger partial charge is 0.244 e. The molecular formula is C25H24F4N6O2S. The first-order chi connectivity index (χ1) is 18.1. The van der Waals surface area contributed by atoms with Crippen LogP contribution in [0.25, 0.3) is 20.8 Å². The van der Waals surface area contributed by atoms with Crippen LogP contribution in [0.3, 0.4) is 0 Å². The molecule has 5 rings (SSSR count). The highest BCUT2D eigenvalue weighted by atomic mass is 32.1. The van der Waals surface area contributed by atoms with Crippen molar-refractivity contribution >= 4 is 33.3 Å². The van der Waals surface area contributed by atoms with Gasteiger partial charge in [-0.05, 0) is 38.5 Å². The normalized spacial score (nSPS) is 21.4. The van der Waals surface area contributed by atoms with Gasteiger partial charge in [0.2, 0.25) is 12.4 Å². The quantitative estimate of drug-likeness (QED) is 0.251. The van der Waals surface area contributed by atoms with E-state index in [4.69, 9.17) is 0 Å². The number of aliphatic hydroxyl groups excluding tert-OH is 2. The molecule has 3 heterocycles. The van der Waals surface area contributed by atoms with Crippen molar-refractivity contribution in [3.8, 4) is 10.6 Å². The highest BCUT2D eigenvalue weighted by molar-refractivity contribution is 7.21. The predicted molar refractivity (Wildman–Crippen MR) is 135 cm³/mol. The molecule has 1 aliphatic carbocycles. The fourth-order valence-corrected chi connectivity index (χ4v) is 5.72. The van der Waals surface area contributed by atoms with Crippen LogP contribution in [-0.4, -0.2) is 54.8 Å². The molecule has 8 nitrogen and oxygen atoms in total. The van der Waals surface area contributed by atoms with Gasteiger partial charge >= 0.3 is 0 Å². The zero-order valence-electron chi connectivity index (χ0n) is 20.3. The van der Waals surface area contributed by atoms with Crippen LogP contribution in [0, 0.1) is 31.4 Å². The molecule has 1 aromatic carbocycles. The second kappa shape index (κ2) is 10.4. The number of aryl methyl sites for hydroxylation is 2. The zero-order chi connectivity index (χ0) is 27.1. The van der Waals surface area contributed by atoms with E-state index in [0.29, 0.717) is 21.8 Å². The average molecular weight is 549 g/mol. The third kappa shape index (κ3) is 4.88. The number of nitrogens with one attached hydrogen (secondary N) is 2. The molecule has 4 atom stereocenters. The van der Waals surface area contributed by atoms with Crippen molar-refractivity contribution in [2.45, 2.75) is 51.5 Å². The van der Waals surface area contributed by atoms with Crippen molar-refractivity contribution in [3.63, 3.8) is 0 Å². The lowest BCUT2D eigenvalue weighted by Crippen LogP contribution is -2.36. The Balaban J connectivity index is 1.54. The van der Waals surface area contributed by atoms with E-state index in [1.54, 1.807) is 13.1 Å². The fraction of sp³-hybridized carbons (Fsp3) is 0.360. The van der Waals surface area contributed by atoms with Gasteiger partial charge in [0.25, 0.3) is 0 Å². The molecule has 3 aromatic heterocycles. The van der Waals surface area contributed by atoms with Crippen molar-refractivity contribution in [1.82, 2.24) is 19.9 Å². The maximum Gasteiger partial charge on any atom is 0.244 e. The van der Waals surface area contributed by atoms with Crippen molar-refractivity contribution < 1.29 is 27.8 Å². The summed E-state index contributed by atoms with van der Waals surface area (Å²) in [6.07, 6.45) is -4.43. The molecule has 0 bridgehead atoms. The van der Waals surface area contributed by atoms with Crippen molar-refractivity contribution in [3.05, 3.63) is 59.0 Å². The van der Waals surface area contributed by atoms with E-state index in [1.807, 2.05) is 13.0 Å². The first-order valence-electron chi connectivity index (χ1n) is 11.8. The zero-order valence-corrected chi connectivity index (χ0v) is 21.1. The van der Waals surface area contributed by atoms with E-state index in [9.17, 15) is 27.8 Å². The van der Waals surface area contributed by atoms with Gasteiger partial charge in [-0.25, -0.2) is 27.5 Å². The van der Waals surface area contributed by atoms with Crippen LogP contribution in [0.4, 0.5) is 29.3 Å². The molecule has 4 aromatic rings. The van der Waals surface area contributed by atoms with Crippen molar-refractivity contribution in [2.75, 3.05) is 10.6 Å². The molecule has 0 saturated heterocycles. The molecule has 1 saturated carbocycles. The number of thiazole rings is 1. The molecule has 200 valence electrons. The van der Waals surface area contributed by atoms with Crippen LogP contribution >= 0.6 is 11.3 Å². The number of hydrogen-bond donors (Lipinski definition) is 4. The summed E-state index contributed by atoms with van der Waals surface area (Å²) in [5.74, 6) is -2.68. The number of hydrogen-bond acceptors (Lipinski definition) is 9. The van der Waals surface area contributed by atoms with Crippen LogP contribution < -0.4 is 10.6 Å². The topological polar surface area (TPSA) is 116 Å². The Hall–Kier alpha value is -3.42. The molecule has 0 radical (unpaired) electrons. The number of fused-ring (bicyclic) bond motifs is 1. The molecule has 1 aliphatic rings. The number of nitrogens with zero attached hydrogens (tertiary/aromatic N) is 4. The number of rotatable bonds is 7. The highest BCUT2D eigenvalue weighted by Gasteiger charge is 2.46. The van der Waals surface area contributed by atoms with E-state index >= 15 is 0 Å². The van der Waals surface area contributed by atoms with Crippen LogP contribution in [0.1, 0.15) is 23.4 Å². The molecule has 0 spiro atoms. The van der Waals surface area contributed by atoms with Crippen LogP contribution in [-0.2, 0) is 6.54 Å². The standard InChI is InChI=1S/C25H24F4N6O2S/c1-10-18(24-34-19-11(2)30-7-6-17(19)38-24)23(33-16-8-12(22(28)29)20(36)21(16)37)35-25(32-10)31-9-13-14(26)4-3-5-15(13)27/h3-7,12,16,20-22,36-37H,8-9H2,1-2H3,(H2,31,32,33,35). The van der Waals surface area contributed by atoms with Gasteiger partial charge in [-0.3, -0.25) is 4.98 Å². The lowest BCUT2D eigenvalue weighted by Gasteiger charge is -2.21. The van der Waals surface area contributed by atoms with E-state index in [1.165, 1.54) is 17.4 Å². The van der Waals surface area contributed by atoms with E-state index < -0.39 is 42.2 Å². The summed E-state index contributed by atoms with van der Waals surface area (Å²) in [6, 6.07) is 4.41. The summed E-state index contributed by atoms with van der Waals surface area (Å²) in [5.41, 5.74) is 2.12. The number of halogens is 4. The maximum atomic E-state index is 14.1. The molecule has 0 aliphatic heterocycles. The number of anilines is 2. The summed E-state index contributed by atoms with van der Waals surface area (Å²) in [6.45, 7) is 3.26. The second-order valence-electron chi connectivity index (χ2n) is 9.14. The molecule has 1 fully saturated rings. The Morgan fingerprint density at radius 2 is 1.76 bits per heavy atom. The Kier molecular flexibility index (Phi) is 7.16. The molecule has 4 unspecified atom stereocenters. The number of aromatic nitrogens is 4. The van der Waals surface area contributed by atoms with Gasteiger partial charge in [0.15, 0.2) is 0 Å². The first-order valence-corrected chi connectivity index (χ1v) is 12.6. The van der Waals surface area contributed by atoms with Crippen LogP contribution in [0.2, 0.25) is 0 Å². The van der Waals surface area contributed by atoms with E-state index in [0.717, 1.165) is 22.5 Å². The minimum absolute atomic E-state index is 0.0220. The van der Waals surface area contributed by atoms with Gasteiger partial charge in [0.1, 0.15) is 34.1 Å². The van der Waals surface area contributed by atoms with Crippen LogP contribution in [0.15, 0.2) is 30.5 Å². The number of pyridine rings is 1. The summed E-state index contributed by atoms with van der Waals surface area (Å²) in [5, 5.41) is 27.0. The third-order valence-electron chi connectivity index (χ3n) is 6.65. The van der Waals surface area contributed by atoms with Gasteiger partial charge < -0.3 is 20.8 Å². The molecule has 0 amide bonds. The lowest BCUT2D eigenvalue weighted by molar-refractivity contribution is -0.0333. The molecule has 38 heavy (non-hydrogen) atoms. The summed E-state index contributed by atoms with van der Waals surface area (Å²) >= 11 is 1.35. The van der Waals surface area contributed by atoms with Gasteiger partial charge in [-0.1, -0.05) is 6.07 Å². The molecule has 4 N–H and O–H groups in total. The molecule has 13 heteroatoms. The van der Waals surface area contributed by atoms with Crippen molar-refractivity contribution in [2.24, 2.45) is 5.92 Å².